The van der Waals surface area contributed by atoms with E-state index in [1.165, 1.54) is 17.3 Å². The number of aliphatic imine (C=N–C) groups is 1. The van der Waals surface area contributed by atoms with E-state index in [1.54, 1.807) is 7.11 Å². The van der Waals surface area contributed by atoms with Gasteiger partial charge in [0.2, 0.25) is 0 Å². The van der Waals surface area contributed by atoms with Gasteiger partial charge in [-0.15, -0.1) is 0 Å². The Kier molecular flexibility index (Phi) is 6.38. The number of methoxy groups -OCH3 is 1. The summed E-state index contributed by atoms with van der Waals surface area (Å²) in [6, 6.07) is 23.3. The van der Waals surface area contributed by atoms with Crippen molar-refractivity contribution in [1.82, 2.24) is 5.32 Å². The number of ether oxygens (including phenoxy) is 2. The predicted octanol–water partition coefficient (Wildman–Crippen LogP) is 5.47. The molecule has 6 heteroatoms. The van der Waals surface area contributed by atoms with Crippen LogP contribution in [0.4, 0.5) is 5.69 Å². The molecule has 31 heavy (non-hydrogen) atoms. The normalized spacial score (nSPS) is 15.9. The Hall–Kier alpha value is -3.51. The average molecular weight is 431 g/mol. The van der Waals surface area contributed by atoms with E-state index in [1.807, 2.05) is 66.7 Å². The van der Waals surface area contributed by atoms with Crippen LogP contribution in [-0.4, -0.2) is 18.2 Å². The van der Waals surface area contributed by atoms with Crippen LogP contribution in [0.15, 0.2) is 82.7 Å². The zero-order chi connectivity index (χ0) is 21.6. The highest BCUT2D eigenvalue weighted by atomic mass is 32.2. The summed E-state index contributed by atoms with van der Waals surface area (Å²) < 4.78 is 11.5. The summed E-state index contributed by atoms with van der Waals surface area (Å²) in [6.07, 6.45) is 1.82. The van der Waals surface area contributed by atoms with E-state index in [0.29, 0.717) is 28.2 Å². The van der Waals surface area contributed by atoms with Crippen LogP contribution in [0.2, 0.25) is 0 Å². The average Bonchev–Trinajstić information content (AvgIpc) is 3.11. The fraction of sp³-hybridized carbons (Fsp3) is 0.120. The third-order valence-corrected chi connectivity index (χ3v) is 5.51. The second kappa shape index (κ2) is 9.53. The van der Waals surface area contributed by atoms with Crippen molar-refractivity contribution in [3.05, 3.63) is 94.4 Å². The van der Waals surface area contributed by atoms with Crippen LogP contribution in [0.1, 0.15) is 16.7 Å². The van der Waals surface area contributed by atoms with Gasteiger partial charge in [0, 0.05) is 0 Å². The zero-order valence-corrected chi connectivity index (χ0v) is 18.1. The maximum absolute atomic E-state index is 12.4. The molecule has 1 fully saturated rings. The van der Waals surface area contributed by atoms with E-state index in [0.717, 1.165) is 16.8 Å². The summed E-state index contributed by atoms with van der Waals surface area (Å²) >= 11 is 1.31. The molecule has 4 rings (SSSR count). The first kappa shape index (κ1) is 20.8. The molecule has 0 aliphatic carbocycles. The third kappa shape index (κ3) is 5.35. The Morgan fingerprint density at radius 1 is 1.00 bits per heavy atom. The molecule has 0 unspecified atom stereocenters. The molecule has 1 aliphatic rings. The quantitative estimate of drug-likeness (QED) is 0.527. The van der Waals surface area contributed by atoms with Crippen molar-refractivity contribution in [1.29, 1.82) is 0 Å². The largest absolute Gasteiger partial charge is 0.493 e. The molecule has 1 amide bonds. The van der Waals surface area contributed by atoms with E-state index in [-0.39, 0.29) is 5.91 Å². The number of rotatable bonds is 6. The molecule has 3 aromatic rings. The van der Waals surface area contributed by atoms with Crippen LogP contribution in [-0.2, 0) is 11.4 Å². The third-order valence-electron chi connectivity index (χ3n) is 4.60. The minimum Gasteiger partial charge on any atom is -0.493 e. The Bertz CT molecular complexity index is 1160. The molecular formula is C25H22N2O3S. The van der Waals surface area contributed by atoms with Crippen LogP contribution in [0.3, 0.4) is 0 Å². The molecule has 0 spiro atoms. The summed E-state index contributed by atoms with van der Waals surface area (Å²) in [7, 11) is 1.60. The standard InChI is InChI=1S/C25H22N2O3S/c1-17-7-6-8-19(13-17)16-30-21-12-11-18(14-22(21)29-2)15-23-24(28)27-25(31-23)26-20-9-4-3-5-10-20/h3-15H,16H2,1-2H3,(H,26,27,28)/b23-15+. The minimum absolute atomic E-state index is 0.168. The Morgan fingerprint density at radius 3 is 2.61 bits per heavy atom. The van der Waals surface area contributed by atoms with Crippen molar-refractivity contribution in [3.8, 4) is 11.5 Å². The topological polar surface area (TPSA) is 59.9 Å². The second-order valence-corrected chi connectivity index (χ2v) is 8.04. The van der Waals surface area contributed by atoms with Crippen molar-refractivity contribution in [2.24, 2.45) is 4.99 Å². The molecular weight excluding hydrogens is 408 g/mol. The molecule has 156 valence electrons. The summed E-state index contributed by atoms with van der Waals surface area (Å²) in [4.78, 5) is 17.4. The second-order valence-electron chi connectivity index (χ2n) is 7.01. The number of benzene rings is 3. The van der Waals surface area contributed by atoms with Gasteiger partial charge >= 0.3 is 0 Å². The van der Waals surface area contributed by atoms with Crippen LogP contribution < -0.4 is 14.8 Å². The fourth-order valence-corrected chi connectivity index (χ4v) is 3.95. The number of amides is 1. The molecule has 0 aromatic heterocycles. The van der Waals surface area contributed by atoms with E-state index in [4.69, 9.17) is 9.47 Å². The van der Waals surface area contributed by atoms with Gasteiger partial charge in [-0.05, 0) is 60.2 Å². The van der Waals surface area contributed by atoms with Crippen molar-refractivity contribution in [3.63, 3.8) is 0 Å². The lowest BCUT2D eigenvalue weighted by Gasteiger charge is -2.12. The van der Waals surface area contributed by atoms with Crippen molar-refractivity contribution in [2.45, 2.75) is 13.5 Å². The van der Waals surface area contributed by atoms with Gasteiger partial charge in [-0.25, -0.2) is 4.99 Å². The van der Waals surface area contributed by atoms with Gasteiger partial charge in [-0.3, -0.25) is 4.79 Å². The van der Waals surface area contributed by atoms with Crippen LogP contribution >= 0.6 is 11.8 Å². The van der Waals surface area contributed by atoms with E-state index in [9.17, 15) is 4.79 Å². The molecule has 0 atom stereocenters. The first-order valence-corrected chi connectivity index (χ1v) is 10.6. The number of carbonyl (C=O) groups is 1. The maximum atomic E-state index is 12.4. The van der Waals surface area contributed by atoms with Crippen LogP contribution in [0.5, 0.6) is 11.5 Å². The van der Waals surface area contributed by atoms with Gasteiger partial charge in [0.05, 0.1) is 17.7 Å². The number of nitrogens with one attached hydrogen (secondary N) is 1. The number of aryl methyl sites for hydroxylation is 1. The smallest absolute Gasteiger partial charge is 0.264 e. The van der Waals surface area contributed by atoms with Crippen molar-refractivity contribution < 1.29 is 14.3 Å². The highest BCUT2D eigenvalue weighted by molar-refractivity contribution is 8.18. The number of amidine groups is 1. The predicted molar refractivity (Wildman–Crippen MR) is 126 cm³/mol. The Balaban J connectivity index is 1.49. The van der Waals surface area contributed by atoms with Gasteiger partial charge in [0.1, 0.15) is 6.61 Å². The van der Waals surface area contributed by atoms with Crippen LogP contribution in [0.25, 0.3) is 6.08 Å². The first-order valence-electron chi connectivity index (χ1n) is 9.82. The van der Waals surface area contributed by atoms with Gasteiger partial charge in [-0.2, -0.15) is 0 Å². The lowest BCUT2D eigenvalue weighted by molar-refractivity contribution is -0.115. The van der Waals surface area contributed by atoms with Gasteiger partial charge in [0.25, 0.3) is 5.91 Å². The number of para-hydroxylation sites is 1. The lowest BCUT2D eigenvalue weighted by Crippen LogP contribution is -2.19. The molecule has 0 bridgehead atoms. The number of hydrogen-bond acceptors (Lipinski definition) is 5. The molecule has 0 saturated carbocycles. The Labute approximate surface area is 185 Å². The monoisotopic (exact) mass is 430 g/mol. The van der Waals surface area contributed by atoms with Gasteiger partial charge in [0.15, 0.2) is 16.7 Å². The molecule has 1 heterocycles. The summed E-state index contributed by atoms with van der Waals surface area (Å²) in [5.74, 6) is 1.10. The van der Waals surface area contributed by atoms with E-state index >= 15 is 0 Å². The minimum atomic E-state index is -0.168. The SMILES string of the molecule is COc1cc(/C=C2/SC(=Nc3ccccc3)NC2=O)ccc1OCc1cccc(C)c1. The number of hydrogen-bond donors (Lipinski definition) is 1. The number of nitrogens with zero attached hydrogens (tertiary/aromatic N) is 1. The zero-order valence-electron chi connectivity index (χ0n) is 17.3. The molecule has 0 radical (unpaired) electrons. The van der Waals surface area contributed by atoms with Crippen LogP contribution in [0, 0.1) is 6.92 Å². The molecule has 5 nitrogen and oxygen atoms in total. The highest BCUT2D eigenvalue weighted by Crippen LogP contribution is 2.32. The molecule has 1 saturated heterocycles. The Morgan fingerprint density at radius 2 is 1.84 bits per heavy atom. The summed E-state index contributed by atoms with van der Waals surface area (Å²) in [6.45, 7) is 2.51. The maximum Gasteiger partial charge on any atom is 0.264 e. The first-order chi connectivity index (χ1) is 15.1. The van der Waals surface area contributed by atoms with Gasteiger partial charge < -0.3 is 14.8 Å². The molecule has 1 aliphatic heterocycles. The van der Waals surface area contributed by atoms with Crippen molar-refractivity contribution in [2.75, 3.05) is 7.11 Å². The van der Waals surface area contributed by atoms with E-state index in [2.05, 4.69) is 29.4 Å². The van der Waals surface area contributed by atoms with E-state index < -0.39 is 0 Å². The lowest BCUT2D eigenvalue weighted by atomic mass is 10.1. The summed E-state index contributed by atoms with van der Waals surface area (Å²) in [5, 5.41) is 3.37. The fourth-order valence-electron chi connectivity index (χ4n) is 3.11. The molecule has 1 N–H and O–H groups in total. The molecule has 3 aromatic carbocycles. The van der Waals surface area contributed by atoms with Gasteiger partial charge in [-0.1, -0.05) is 54.1 Å². The van der Waals surface area contributed by atoms with Crippen molar-refractivity contribution >= 4 is 34.6 Å². The summed E-state index contributed by atoms with van der Waals surface area (Å²) in [5.41, 5.74) is 3.93. The number of thioether (sulfide) groups is 1. The highest BCUT2D eigenvalue weighted by Gasteiger charge is 2.24. The number of carbonyl (C=O) groups excluding carboxylic acids is 1.